The first-order valence-electron chi connectivity index (χ1n) is 34.8. The van der Waals surface area contributed by atoms with E-state index in [1.807, 2.05) is 0 Å². The highest BCUT2D eigenvalue weighted by Crippen LogP contribution is 2.17. The molecule has 0 heterocycles. The van der Waals surface area contributed by atoms with Gasteiger partial charge in [0.25, 0.3) is 0 Å². The number of hydrogen-bond donors (Lipinski definition) is 0. The van der Waals surface area contributed by atoms with Crippen LogP contribution in [-0.2, 0) is 28.6 Å². The average Bonchev–Trinajstić information content (AvgIpc) is 3.45. The van der Waals surface area contributed by atoms with E-state index in [4.69, 9.17) is 14.2 Å². The number of ether oxygens (including phenoxy) is 3. The number of carbonyl (C=O) groups excluding carboxylic acids is 3. The van der Waals surface area contributed by atoms with Crippen LogP contribution in [-0.4, -0.2) is 37.2 Å². The molecule has 79 heavy (non-hydrogen) atoms. The summed E-state index contributed by atoms with van der Waals surface area (Å²) < 4.78 is 16.9. The fraction of sp³-hybridized carbons (Fsp3) is 0.822. The minimum Gasteiger partial charge on any atom is -0.462 e. The van der Waals surface area contributed by atoms with Crippen LogP contribution in [0.5, 0.6) is 0 Å². The molecule has 6 heteroatoms. The van der Waals surface area contributed by atoms with Crippen LogP contribution in [0.25, 0.3) is 0 Å². The molecule has 0 saturated heterocycles. The second-order valence-corrected chi connectivity index (χ2v) is 23.4. The van der Waals surface area contributed by atoms with Crippen molar-refractivity contribution in [2.75, 3.05) is 13.2 Å². The molecule has 0 amide bonds. The number of rotatable bonds is 64. The molecule has 0 aliphatic rings. The Hall–Kier alpha value is -2.89. The Morgan fingerprint density at radius 1 is 0.253 bits per heavy atom. The molecule has 0 aromatic rings. The van der Waals surface area contributed by atoms with Crippen molar-refractivity contribution in [1.29, 1.82) is 0 Å². The van der Waals surface area contributed by atoms with Crippen molar-refractivity contribution in [1.82, 2.24) is 0 Å². The van der Waals surface area contributed by atoms with Gasteiger partial charge in [0.05, 0.1) is 0 Å². The van der Waals surface area contributed by atoms with Crippen molar-refractivity contribution in [3.63, 3.8) is 0 Å². The summed E-state index contributed by atoms with van der Waals surface area (Å²) in [6.45, 7) is 6.63. The van der Waals surface area contributed by atoms with Gasteiger partial charge in [0.2, 0.25) is 0 Å². The third kappa shape index (κ3) is 65.8. The Balaban J connectivity index is 4.22. The predicted molar refractivity (Wildman–Crippen MR) is 344 cm³/mol. The summed E-state index contributed by atoms with van der Waals surface area (Å²) in [5, 5.41) is 0. The molecule has 1 unspecified atom stereocenters. The first kappa shape index (κ1) is 76.1. The lowest BCUT2D eigenvalue weighted by Gasteiger charge is -2.18. The molecule has 460 valence electrons. The number of hydrogen-bond acceptors (Lipinski definition) is 6. The van der Waals surface area contributed by atoms with E-state index in [-0.39, 0.29) is 31.1 Å². The largest absolute Gasteiger partial charge is 0.462 e. The van der Waals surface area contributed by atoms with Crippen molar-refractivity contribution >= 4 is 17.9 Å². The molecule has 0 aliphatic carbocycles. The summed E-state index contributed by atoms with van der Waals surface area (Å²) in [5.74, 6) is -0.881. The van der Waals surface area contributed by atoms with Gasteiger partial charge in [-0.3, -0.25) is 14.4 Å². The Labute approximate surface area is 491 Å². The van der Waals surface area contributed by atoms with Gasteiger partial charge in [0.15, 0.2) is 6.10 Å². The zero-order valence-electron chi connectivity index (χ0n) is 52.9. The Morgan fingerprint density at radius 3 is 0.759 bits per heavy atom. The van der Waals surface area contributed by atoms with Crippen LogP contribution < -0.4 is 0 Å². The van der Waals surface area contributed by atoms with E-state index in [9.17, 15) is 14.4 Å². The van der Waals surface area contributed by atoms with Crippen molar-refractivity contribution in [2.24, 2.45) is 0 Å². The monoisotopic (exact) mass is 1110 g/mol. The average molecular weight is 1110 g/mol. The quantitative estimate of drug-likeness (QED) is 0.0261. The molecule has 0 fully saturated rings. The molecule has 6 nitrogen and oxygen atoms in total. The Bertz CT molecular complexity index is 1410. The third-order valence-electron chi connectivity index (χ3n) is 15.5. The van der Waals surface area contributed by atoms with Crippen LogP contribution in [0.2, 0.25) is 0 Å². The molecule has 0 bridgehead atoms. The minimum atomic E-state index is -0.785. The van der Waals surface area contributed by atoms with E-state index in [0.717, 1.165) is 89.9 Å². The number of carbonyl (C=O) groups is 3. The van der Waals surface area contributed by atoms with Gasteiger partial charge >= 0.3 is 17.9 Å². The van der Waals surface area contributed by atoms with Crippen LogP contribution in [0.3, 0.4) is 0 Å². The highest BCUT2D eigenvalue weighted by atomic mass is 16.6. The van der Waals surface area contributed by atoms with Gasteiger partial charge in [-0.2, -0.15) is 0 Å². The maximum absolute atomic E-state index is 12.9. The van der Waals surface area contributed by atoms with Gasteiger partial charge in [-0.1, -0.05) is 300 Å². The number of unbranched alkanes of at least 4 members (excludes halogenated alkanes) is 43. The standard InChI is InChI=1S/C73H132O6/c1-4-7-10-13-16-19-22-25-27-29-31-32-33-34-35-36-37-38-39-40-42-43-45-48-51-54-57-60-63-66-72(75)78-69-70(68-77-71(74)65-62-59-56-53-50-47-24-21-18-15-12-9-6-3)79-73(76)67-64-61-58-55-52-49-46-44-41-30-28-26-23-20-17-14-11-8-5-2/h17,20-21,24,26,28-29,31,41,44,70H,4-16,18-19,22-23,25,27,30,32-40,42-43,45-69H2,1-3H3/b20-17-,24-21-,28-26-,31-29-,44-41-. The van der Waals surface area contributed by atoms with E-state index in [1.165, 1.54) is 238 Å². The van der Waals surface area contributed by atoms with Crippen LogP contribution in [0.15, 0.2) is 60.8 Å². The van der Waals surface area contributed by atoms with Gasteiger partial charge in [0, 0.05) is 19.3 Å². The van der Waals surface area contributed by atoms with Crippen LogP contribution in [0.4, 0.5) is 0 Å². The summed E-state index contributed by atoms with van der Waals surface area (Å²) in [6.07, 6.45) is 86.8. The second kappa shape index (κ2) is 67.6. The molecule has 0 spiro atoms. The third-order valence-corrected chi connectivity index (χ3v) is 15.5. The molecule has 0 saturated carbocycles. The topological polar surface area (TPSA) is 78.9 Å². The molecule has 0 N–H and O–H groups in total. The molecule has 0 aromatic heterocycles. The van der Waals surface area contributed by atoms with E-state index in [1.54, 1.807) is 0 Å². The van der Waals surface area contributed by atoms with Crippen LogP contribution in [0.1, 0.15) is 367 Å². The Morgan fingerprint density at radius 2 is 0.456 bits per heavy atom. The van der Waals surface area contributed by atoms with E-state index in [0.29, 0.717) is 19.3 Å². The lowest BCUT2D eigenvalue weighted by Crippen LogP contribution is -2.30. The molecular formula is C73H132O6. The van der Waals surface area contributed by atoms with Gasteiger partial charge in [-0.15, -0.1) is 0 Å². The highest BCUT2D eigenvalue weighted by Gasteiger charge is 2.19. The van der Waals surface area contributed by atoms with Gasteiger partial charge in [-0.25, -0.2) is 0 Å². The van der Waals surface area contributed by atoms with Crippen molar-refractivity contribution in [3.8, 4) is 0 Å². The van der Waals surface area contributed by atoms with E-state index in [2.05, 4.69) is 81.5 Å². The first-order valence-corrected chi connectivity index (χ1v) is 34.8. The maximum Gasteiger partial charge on any atom is 0.306 e. The van der Waals surface area contributed by atoms with E-state index >= 15 is 0 Å². The molecule has 1 atom stereocenters. The minimum absolute atomic E-state index is 0.0793. The second-order valence-electron chi connectivity index (χ2n) is 23.4. The lowest BCUT2D eigenvalue weighted by atomic mass is 10.0. The summed E-state index contributed by atoms with van der Waals surface area (Å²) in [6, 6.07) is 0. The molecule has 0 aliphatic heterocycles. The summed E-state index contributed by atoms with van der Waals surface area (Å²) in [5.41, 5.74) is 0. The van der Waals surface area contributed by atoms with Gasteiger partial charge in [-0.05, 0) is 109 Å². The van der Waals surface area contributed by atoms with Crippen LogP contribution in [0, 0.1) is 0 Å². The SMILES string of the molecule is CCCCC/C=C\C/C=C\C/C=C\CCCCCCCCC(=O)OC(COC(=O)CCCCCCC/C=C\CCCCCC)COC(=O)CCCCCCCCCCCCCCCCCCC/C=C\CCCCCCCCCC. The van der Waals surface area contributed by atoms with Gasteiger partial charge in [0.1, 0.15) is 13.2 Å². The summed E-state index contributed by atoms with van der Waals surface area (Å²) >= 11 is 0. The summed E-state index contributed by atoms with van der Waals surface area (Å²) in [7, 11) is 0. The zero-order valence-corrected chi connectivity index (χ0v) is 52.9. The first-order chi connectivity index (χ1) is 39.0. The lowest BCUT2D eigenvalue weighted by molar-refractivity contribution is -0.167. The van der Waals surface area contributed by atoms with Crippen molar-refractivity contribution in [2.45, 2.75) is 374 Å². The Kier molecular flexibility index (Phi) is 65.1. The molecule has 0 aromatic carbocycles. The van der Waals surface area contributed by atoms with Crippen molar-refractivity contribution < 1.29 is 28.6 Å². The molecular weight excluding hydrogens is 973 g/mol. The normalized spacial score (nSPS) is 12.4. The number of allylic oxidation sites excluding steroid dienone is 10. The zero-order chi connectivity index (χ0) is 57.1. The molecule has 0 rings (SSSR count). The number of esters is 3. The summed E-state index contributed by atoms with van der Waals surface area (Å²) in [4.78, 5) is 38.4. The molecule has 0 radical (unpaired) electrons. The van der Waals surface area contributed by atoms with Crippen molar-refractivity contribution in [3.05, 3.63) is 60.8 Å². The fourth-order valence-electron chi connectivity index (χ4n) is 10.2. The smallest absolute Gasteiger partial charge is 0.306 e. The highest BCUT2D eigenvalue weighted by molar-refractivity contribution is 5.71. The van der Waals surface area contributed by atoms with Crippen LogP contribution >= 0.6 is 0 Å². The van der Waals surface area contributed by atoms with E-state index < -0.39 is 6.10 Å². The fourth-order valence-corrected chi connectivity index (χ4v) is 10.2. The van der Waals surface area contributed by atoms with Gasteiger partial charge < -0.3 is 14.2 Å². The predicted octanol–water partition coefficient (Wildman–Crippen LogP) is 23.9. The maximum atomic E-state index is 12.9.